The Balaban J connectivity index is 1.84. The smallest absolute Gasteiger partial charge is 0.109 e. The lowest BCUT2D eigenvalue weighted by Crippen LogP contribution is -1.95. The lowest BCUT2D eigenvalue weighted by Gasteiger charge is -2.02. The van der Waals surface area contributed by atoms with Crippen molar-refractivity contribution in [3.05, 3.63) is 66.2 Å². The summed E-state index contributed by atoms with van der Waals surface area (Å²) in [4.78, 5) is 4.79. The molecule has 0 unspecified atom stereocenters. The van der Waals surface area contributed by atoms with Crippen molar-refractivity contribution >= 4 is 0 Å². The van der Waals surface area contributed by atoms with Gasteiger partial charge in [0, 0.05) is 25.2 Å². The van der Waals surface area contributed by atoms with E-state index in [0.29, 0.717) is 0 Å². The number of hydrogen-bond donors (Lipinski definition) is 0. The van der Waals surface area contributed by atoms with Crippen LogP contribution in [0.15, 0.2) is 60.3 Å². The van der Waals surface area contributed by atoms with Gasteiger partial charge in [0.15, 0.2) is 0 Å². The van der Waals surface area contributed by atoms with Gasteiger partial charge in [0.25, 0.3) is 0 Å². The molecule has 0 radical (unpaired) electrons. The molecule has 0 saturated heterocycles. The van der Waals surface area contributed by atoms with Crippen LogP contribution in [0.2, 0.25) is 0 Å². The third-order valence-electron chi connectivity index (χ3n) is 4.38. The Morgan fingerprint density at radius 1 is 1.17 bits per heavy atom. The highest BCUT2D eigenvalue weighted by Gasteiger charge is 2.06. The van der Waals surface area contributed by atoms with E-state index in [4.69, 9.17) is 4.98 Å². The Morgan fingerprint density at radius 3 is 2.67 bits per heavy atom. The van der Waals surface area contributed by atoms with E-state index in [1.807, 2.05) is 6.07 Å². The number of hydrogen-bond acceptors (Lipinski definition) is 1. The average Bonchev–Trinajstić information content (AvgIpc) is 2.99. The molecule has 1 aromatic carbocycles. The molecule has 2 aromatic rings. The third-order valence-corrected chi connectivity index (χ3v) is 4.38. The minimum atomic E-state index is 0.986. The zero-order valence-electron chi connectivity index (χ0n) is 15.3. The van der Waals surface area contributed by atoms with Gasteiger partial charge in [-0.05, 0) is 32.6 Å². The summed E-state index contributed by atoms with van der Waals surface area (Å²) in [6, 6.07) is 10.4. The van der Waals surface area contributed by atoms with Crippen molar-refractivity contribution in [2.24, 2.45) is 7.05 Å². The maximum atomic E-state index is 4.79. The van der Waals surface area contributed by atoms with E-state index in [1.54, 1.807) is 5.57 Å². The SMILES string of the molecule is C/C=C(\C/C=C\CCc1nc(-c2ccccc2)cn1C)CCCC. The van der Waals surface area contributed by atoms with Crippen molar-refractivity contribution in [2.75, 3.05) is 0 Å². The molecular weight excluding hydrogens is 292 g/mol. The van der Waals surface area contributed by atoms with Crippen LogP contribution in [-0.2, 0) is 13.5 Å². The molecule has 0 bridgehead atoms. The minimum absolute atomic E-state index is 0.986. The molecule has 0 aliphatic rings. The maximum absolute atomic E-state index is 4.79. The first-order chi connectivity index (χ1) is 11.7. The Morgan fingerprint density at radius 2 is 1.96 bits per heavy atom. The minimum Gasteiger partial charge on any atom is -0.337 e. The summed E-state index contributed by atoms with van der Waals surface area (Å²) in [6.07, 6.45) is 15.9. The summed E-state index contributed by atoms with van der Waals surface area (Å²) in [7, 11) is 2.08. The van der Waals surface area contributed by atoms with E-state index in [2.05, 4.69) is 74.2 Å². The number of aromatic nitrogens is 2. The second-order valence-electron chi connectivity index (χ2n) is 6.28. The standard InChI is InChI=1S/C22H30N2/c1-4-6-13-19(5-2)14-9-7-12-17-22-23-21(18-24(22)3)20-15-10-8-11-16-20/h5,7-11,15-16,18H,4,6,12-14,17H2,1-3H3/b9-7-,19-5-. The maximum Gasteiger partial charge on any atom is 0.109 e. The van der Waals surface area contributed by atoms with Gasteiger partial charge in [-0.3, -0.25) is 0 Å². The third kappa shape index (κ3) is 5.52. The zero-order chi connectivity index (χ0) is 17.2. The Bertz CT molecular complexity index is 663. The molecule has 1 heterocycles. The average molecular weight is 322 g/mol. The molecule has 0 aliphatic heterocycles. The summed E-state index contributed by atoms with van der Waals surface area (Å²) in [6.45, 7) is 4.40. The summed E-state index contributed by atoms with van der Waals surface area (Å²) >= 11 is 0. The second kappa shape index (κ2) is 9.92. The summed E-state index contributed by atoms with van der Waals surface area (Å²) in [5.41, 5.74) is 3.80. The molecule has 2 rings (SSSR count). The molecule has 0 aliphatic carbocycles. The molecule has 0 fully saturated rings. The normalized spacial score (nSPS) is 12.2. The van der Waals surface area contributed by atoms with Crippen LogP contribution >= 0.6 is 0 Å². The van der Waals surface area contributed by atoms with Gasteiger partial charge in [-0.25, -0.2) is 4.98 Å². The molecule has 2 heteroatoms. The largest absolute Gasteiger partial charge is 0.337 e. The van der Waals surface area contributed by atoms with E-state index in [0.717, 1.165) is 30.8 Å². The van der Waals surface area contributed by atoms with Gasteiger partial charge >= 0.3 is 0 Å². The number of nitrogens with zero attached hydrogens (tertiary/aromatic N) is 2. The fraction of sp³-hybridized carbons (Fsp3) is 0.409. The quantitative estimate of drug-likeness (QED) is 0.510. The molecule has 1 aromatic heterocycles. The number of rotatable bonds is 9. The Labute approximate surface area is 146 Å². The molecule has 24 heavy (non-hydrogen) atoms. The molecule has 2 nitrogen and oxygen atoms in total. The van der Waals surface area contributed by atoms with Crippen molar-refractivity contribution in [1.82, 2.24) is 9.55 Å². The van der Waals surface area contributed by atoms with Crippen LogP contribution in [0.3, 0.4) is 0 Å². The topological polar surface area (TPSA) is 17.8 Å². The highest BCUT2D eigenvalue weighted by molar-refractivity contribution is 5.58. The van der Waals surface area contributed by atoms with Crippen LogP contribution < -0.4 is 0 Å². The molecule has 0 amide bonds. The second-order valence-corrected chi connectivity index (χ2v) is 6.28. The zero-order valence-corrected chi connectivity index (χ0v) is 15.3. The number of aryl methyl sites for hydroxylation is 2. The van der Waals surface area contributed by atoms with Crippen molar-refractivity contribution in [1.29, 1.82) is 0 Å². The van der Waals surface area contributed by atoms with E-state index >= 15 is 0 Å². The monoisotopic (exact) mass is 322 g/mol. The van der Waals surface area contributed by atoms with E-state index in [1.165, 1.54) is 24.8 Å². The first-order valence-electron chi connectivity index (χ1n) is 9.11. The van der Waals surface area contributed by atoms with Gasteiger partial charge in [0.05, 0.1) is 5.69 Å². The van der Waals surface area contributed by atoms with Crippen molar-refractivity contribution in [2.45, 2.75) is 52.4 Å². The highest BCUT2D eigenvalue weighted by Crippen LogP contribution is 2.18. The highest BCUT2D eigenvalue weighted by atomic mass is 15.0. The van der Waals surface area contributed by atoms with Crippen LogP contribution in [-0.4, -0.2) is 9.55 Å². The van der Waals surface area contributed by atoms with Crippen LogP contribution in [0, 0.1) is 0 Å². The lowest BCUT2D eigenvalue weighted by atomic mass is 10.1. The number of unbranched alkanes of at least 4 members (excludes halogenated alkanes) is 1. The van der Waals surface area contributed by atoms with Gasteiger partial charge in [-0.15, -0.1) is 0 Å². The van der Waals surface area contributed by atoms with Crippen molar-refractivity contribution < 1.29 is 0 Å². The Hall–Kier alpha value is -2.09. The molecule has 0 spiro atoms. The fourth-order valence-corrected chi connectivity index (χ4v) is 2.82. The van der Waals surface area contributed by atoms with Crippen LogP contribution in [0.25, 0.3) is 11.3 Å². The van der Waals surface area contributed by atoms with Crippen molar-refractivity contribution in [3.8, 4) is 11.3 Å². The van der Waals surface area contributed by atoms with Crippen molar-refractivity contribution in [3.63, 3.8) is 0 Å². The number of allylic oxidation sites excluding steroid dienone is 4. The summed E-state index contributed by atoms with van der Waals surface area (Å²) in [5.74, 6) is 1.15. The predicted molar refractivity (Wildman–Crippen MR) is 104 cm³/mol. The van der Waals surface area contributed by atoms with Gasteiger partial charge < -0.3 is 4.57 Å². The van der Waals surface area contributed by atoms with Gasteiger partial charge in [0.2, 0.25) is 0 Å². The van der Waals surface area contributed by atoms with E-state index < -0.39 is 0 Å². The molecular formula is C22H30N2. The number of imidazole rings is 1. The predicted octanol–water partition coefficient (Wildman–Crippen LogP) is 6.10. The summed E-state index contributed by atoms with van der Waals surface area (Å²) < 4.78 is 2.15. The molecule has 0 atom stereocenters. The first-order valence-corrected chi connectivity index (χ1v) is 9.11. The van der Waals surface area contributed by atoms with Gasteiger partial charge in [0.1, 0.15) is 5.82 Å². The molecule has 0 N–H and O–H groups in total. The first kappa shape index (κ1) is 18.3. The molecule has 0 saturated carbocycles. The fourth-order valence-electron chi connectivity index (χ4n) is 2.82. The van der Waals surface area contributed by atoms with Crippen LogP contribution in [0.1, 0.15) is 51.8 Å². The van der Waals surface area contributed by atoms with Crippen LogP contribution in [0.4, 0.5) is 0 Å². The van der Waals surface area contributed by atoms with E-state index in [9.17, 15) is 0 Å². The van der Waals surface area contributed by atoms with Gasteiger partial charge in [-0.2, -0.15) is 0 Å². The van der Waals surface area contributed by atoms with Crippen LogP contribution in [0.5, 0.6) is 0 Å². The van der Waals surface area contributed by atoms with E-state index in [-0.39, 0.29) is 0 Å². The lowest BCUT2D eigenvalue weighted by molar-refractivity contribution is 0.770. The number of benzene rings is 1. The molecule has 128 valence electrons. The Kier molecular flexibility index (Phi) is 7.54. The van der Waals surface area contributed by atoms with Gasteiger partial charge in [-0.1, -0.05) is 67.5 Å². The summed E-state index contributed by atoms with van der Waals surface area (Å²) in [5, 5.41) is 0.